The molecule has 1 heterocycles. The molecule has 0 radical (unpaired) electrons. The Morgan fingerprint density at radius 2 is 2.12 bits per heavy atom. The molecule has 1 saturated heterocycles. The third-order valence-electron chi connectivity index (χ3n) is 2.88. The smallest absolute Gasteiger partial charge is 0.123 e. The van der Waals surface area contributed by atoms with Gasteiger partial charge in [0.1, 0.15) is 5.75 Å². The number of ether oxygens (including phenoxy) is 2. The summed E-state index contributed by atoms with van der Waals surface area (Å²) in [5.41, 5.74) is 7.78. The number of nitrogens with zero attached hydrogens (tertiary/aromatic N) is 1. The number of morpholine rings is 1. The van der Waals surface area contributed by atoms with Crippen molar-refractivity contribution in [1.29, 1.82) is 0 Å². The van der Waals surface area contributed by atoms with Crippen LogP contribution in [0, 0.1) is 0 Å². The van der Waals surface area contributed by atoms with Crippen molar-refractivity contribution < 1.29 is 9.47 Å². The topological polar surface area (TPSA) is 47.7 Å². The molecular weight excluding hydrogens is 216 g/mol. The maximum Gasteiger partial charge on any atom is 0.123 e. The minimum absolute atomic E-state index is 0.681. The molecule has 0 aliphatic carbocycles. The zero-order valence-corrected chi connectivity index (χ0v) is 10.3. The minimum atomic E-state index is 0.681. The van der Waals surface area contributed by atoms with Crippen LogP contribution in [-0.4, -0.2) is 37.8 Å². The Bertz CT molecular complexity index is 362. The Labute approximate surface area is 102 Å². The molecule has 4 heteroatoms. The molecule has 0 bridgehead atoms. The summed E-state index contributed by atoms with van der Waals surface area (Å²) in [5, 5.41) is 0. The number of benzene rings is 1. The summed E-state index contributed by atoms with van der Waals surface area (Å²) in [5.74, 6) is 0.938. The summed E-state index contributed by atoms with van der Waals surface area (Å²) in [4.78, 5) is 2.36. The molecule has 0 amide bonds. The van der Waals surface area contributed by atoms with E-state index < -0.39 is 0 Å². The molecule has 1 fully saturated rings. The summed E-state index contributed by atoms with van der Waals surface area (Å²) < 4.78 is 11.0. The van der Waals surface area contributed by atoms with Crippen LogP contribution in [-0.2, 0) is 11.3 Å². The number of hydrogen-bond donors (Lipinski definition) is 1. The second kappa shape index (κ2) is 5.89. The summed E-state index contributed by atoms with van der Waals surface area (Å²) in [6, 6.07) is 5.84. The predicted molar refractivity (Wildman–Crippen MR) is 68.1 cm³/mol. The molecule has 2 N–H and O–H groups in total. The fourth-order valence-electron chi connectivity index (χ4n) is 2.02. The highest BCUT2D eigenvalue weighted by Gasteiger charge is 2.13. The molecule has 4 nitrogen and oxygen atoms in total. The average Bonchev–Trinajstić information content (AvgIpc) is 2.34. The predicted octanol–water partition coefficient (Wildman–Crippen LogP) is 1.50. The van der Waals surface area contributed by atoms with Gasteiger partial charge in [-0.15, -0.1) is 0 Å². The van der Waals surface area contributed by atoms with Crippen LogP contribution < -0.4 is 10.5 Å². The van der Waals surface area contributed by atoms with Crippen molar-refractivity contribution in [2.45, 2.75) is 13.5 Å². The van der Waals surface area contributed by atoms with Gasteiger partial charge < -0.3 is 15.2 Å². The standard InChI is InChI=1S/C13H20N2O2/c1-2-17-13-4-3-12(14)9-11(13)10-15-5-7-16-8-6-15/h3-4,9H,2,5-8,10,14H2,1H3. The molecule has 17 heavy (non-hydrogen) atoms. The Morgan fingerprint density at radius 3 is 2.82 bits per heavy atom. The first kappa shape index (κ1) is 12.2. The maximum atomic E-state index is 5.83. The molecule has 1 aliphatic heterocycles. The van der Waals surface area contributed by atoms with Gasteiger partial charge in [-0.3, -0.25) is 4.90 Å². The molecule has 0 aromatic heterocycles. The zero-order valence-electron chi connectivity index (χ0n) is 10.3. The van der Waals surface area contributed by atoms with E-state index >= 15 is 0 Å². The second-order valence-electron chi connectivity index (χ2n) is 4.19. The van der Waals surface area contributed by atoms with Crippen LogP contribution in [0.25, 0.3) is 0 Å². The van der Waals surface area contributed by atoms with E-state index in [4.69, 9.17) is 15.2 Å². The van der Waals surface area contributed by atoms with Gasteiger partial charge in [0, 0.05) is 30.9 Å². The van der Waals surface area contributed by atoms with E-state index in [2.05, 4.69) is 4.90 Å². The Morgan fingerprint density at radius 1 is 1.35 bits per heavy atom. The lowest BCUT2D eigenvalue weighted by atomic mass is 10.1. The van der Waals surface area contributed by atoms with Crippen LogP contribution in [0.2, 0.25) is 0 Å². The molecule has 0 unspecified atom stereocenters. The SMILES string of the molecule is CCOc1ccc(N)cc1CN1CCOCC1. The van der Waals surface area contributed by atoms with Gasteiger partial charge in [-0.2, -0.15) is 0 Å². The average molecular weight is 236 g/mol. The molecular formula is C13H20N2O2. The van der Waals surface area contributed by atoms with Gasteiger partial charge in [-0.05, 0) is 25.1 Å². The van der Waals surface area contributed by atoms with Gasteiger partial charge in [-0.1, -0.05) is 0 Å². The summed E-state index contributed by atoms with van der Waals surface area (Å²) in [6.45, 7) is 7.12. The lowest BCUT2D eigenvalue weighted by Crippen LogP contribution is -2.35. The molecule has 0 spiro atoms. The van der Waals surface area contributed by atoms with Crippen molar-refractivity contribution in [3.8, 4) is 5.75 Å². The van der Waals surface area contributed by atoms with Gasteiger partial charge in [-0.25, -0.2) is 0 Å². The molecule has 2 rings (SSSR count). The van der Waals surface area contributed by atoms with E-state index in [0.29, 0.717) is 6.61 Å². The quantitative estimate of drug-likeness (QED) is 0.805. The maximum absolute atomic E-state index is 5.83. The first-order valence-corrected chi connectivity index (χ1v) is 6.11. The number of nitrogen functional groups attached to an aromatic ring is 1. The minimum Gasteiger partial charge on any atom is -0.494 e. The van der Waals surface area contributed by atoms with Crippen molar-refractivity contribution in [3.63, 3.8) is 0 Å². The van der Waals surface area contributed by atoms with E-state index in [-0.39, 0.29) is 0 Å². The number of anilines is 1. The highest BCUT2D eigenvalue weighted by Crippen LogP contribution is 2.23. The number of hydrogen-bond acceptors (Lipinski definition) is 4. The summed E-state index contributed by atoms with van der Waals surface area (Å²) in [6.07, 6.45) is 0. The third-order valence-corrected chi connectivity index (χ3v) is 2.88. The van der Waals surface area contributed by atoms with Crippen LogP contribution in [0.4, 0.5) is 5.69 Å². The van der Waals surface area contributed by atoms with Crippen molar-refractivity contribution in [3.05, 3.63) is 23.8 Å². The van der Waals surface area contributed by atoms with Crippen LogP contribution in [0.3, 0.4) is 0 Å². The Balaban J connectivity index is 2.08. The van der Waals surface area contributed by atoms with Crippen LogP contribution in [0.1, 0.15) is 12.5 Å². The molecule has 0 saturated carbocycles. The Hall–Kier alpha value is -1.26. The summed E-state index contributed by atoms with van der Waals surface area (Å²) in [7, 11) is 0. The highest BCUT2D eigenvalue weighted by molar-refractivity contribution is 5.47. The van der Waals surface area contributed by atoms with Crippen molar-refractivity contribution in [1.82, 2.24) is 4.90 Å². The highest BCUT2D eigenvalue weighted by atomic mass is 16.5. The molecule has 1 aliphatic rings. The van der Waals surface area contributed by atoms with Crippen molar-refractivity contribution >= 4 is 5.69 Å². The van der Waals surface area contributed by atoms with Crippen molar-refractivity contribution in [2.75, 3.05) is 38.6 Å². The lowest BCUT2D eigenvalue weighted by molar-refractivity contribution is 0.0338. The molecule has 1 aromatic rings. The van der Waals surface area contributed by atoms with Crippen molar-refractivity contribution in [2.24, 2.45) is 0 Å². The van der Waals surface area contributed by atoms with E-state index in [0.717, 1.165) is 49.8 Å². The first-order chi connectivity index (χ1) is 8.29. The van der Waals surface area contributed by atoms with Gasteiger partial charge in [0.15, 0.2) is 0 Å². The van der Waals surface area contributed by atoms with E-state index in [9.17, 15) is 0 Å². The van der Waals surface area contributed by atoms with Gasteiger partial charge in [0.25, 0.3) is 0 Å². The Kier molecular flexibility index (Phi) is 4.23. The van der Waals surface area contributed by atoms with E-state index in [1.165, 1.54) is 0 Å². The number of rotatable bonds is 4. The van der Waals surface area contributed by atoms with Gasteiger partial charge in [0.2, 0.25) is 0 Å². The summed E-state index contributed by atoms with van der Waals surface area (Å²) >= 11 is 0. The molecule has 0 atom stereocenters. The number of nitrogens with two attached hydrogens (primary N) is 1. The molecule has 1 aromatic carbocycles. The van der Waals surface area contributed by atoms with Gasteiger partial charge >= 0.3 is 0 Å². The van der Waals surface area contributed by atoms with E-state index in [1.807, 2.05) is 25.1 Å². The largest absolute Gasteiger partial charge is 0.494 e. The van der Waals surface area contributed by atoms with Crippen LogP contribution in [0.15, 0.2) is 18.2 Å². The zero-order chi connectivity index (χ0) is 12.1. The lowest BCUT2D eigenvalue weighted by Gasteiger charge is -2.27. The van der Waals surface area contributed by atoms with E-state index in [1.54, 1.807) is 0 Å². The normalized spacial score (nSPS) is 17.0. The van der Waals surface area contributed by atoms with Crippen LogP contribution in [0.5, 0.6) is 5.75 Å². The monoisotopic (exact) mass is 236 g/mol. The van der Waals surface area contributed by atoms with Crippen LogP contribution >= 0.6 is 0 Å². The van der Waals surface area contributed by atoms with Gasteiger partial charge in [0.05, 0.1) is 19.8 Å². The fraction of sp³-hybridized carbons (Fsp3) is 0.538. The second-order valence-corrected chi connectivity index (χ2v) is 4.19. The third kappa shape index (κ3) is 3.35. The fourth-order valence-corrected chi connectivity index (χ4v) is 2.02. The first-order valence-electron chi connectivity index (χ1n) is 6.11. The molecule has 94 valence electrons.